The third-order valence-corrected chi connectivity index (χ3v) is 10.8. The number of benzene rings is 4. The summed E-state index contributed by atoms with van der Waals surface area (Å²) in [5, 5.41) is 11.3. The van der Waals surface area contributed by atoms with Crippen LogP contribution in [0, 0.1) is 17.0 Å². The second-order valence-corrected chi connectivity index (χ2v) is 14.5. The number of carbonyl (C=O) groups is 1. The number of aryl methyl sites for hydroxylation is 1. The second kappa shape index (κ2) is 14.3. The van der Waals surface area contributed by atoms with Crippen molar-refractivity contribution in [2.45, 2.75) is 29.7 Å². The Morgan fingerprint density at radius 1 is 1.04 bits per heavy atom. The van der Waals surface area contributed by atoms with Gasteiger partial charge in [0.05, 0.1) is 33.4 Å². The standard InChI is InChI=1S/C36H29N3O8S3/c1-4-46-35(41)31-32(24-8-6-5-7-9-24)37-36-38(33(31)25-13-17-27(48-3)18-14-25)34(40)30(49-36)20-23-11-15-26(16-12-23)47-50(44,45)28-19-10-22(2)29(21-28)39(42)43/h5-21,33H,4H2,1-3H3/b30-20-/t33-/m0/s1. The third kappa shape index (κ3) is 6.90. The van der Waals surface area contributed by atoms with Gasteiger partial charge in [0.1, 0.15) is 10.6 Å². The van der Waals surface area contributed by atoms with Gasteiger partial charge >= 0.3 is 16.1 Å². The van der Waals surface area contributed by atoms with Gasteiger partial charge in [-0.1, -0.05) is 72.0 Å². The topological polar surface area (TPSA) is 147 Å². The van der Waals surface area contributed by atoms with Gasteiger partial charge in [-0.2, -0.15) is 8.42 Å². The molecule has 1 aliphatic heterocycles. The van der Waals surface area contributed by atoms with Crippen LogP contribution in [0.5, 0.6) is 5.75 Å². The molecule has 0 spiro atoms. The number of thiazole rings is 1. The number of fused-ring (bicyclic) bond motifs is 1. The minimum Gasteiger partial charge on any atom is -0.463 e. The van der Waals surface area contributed by atoms with Gasteiger partial charge in [-0.15, -0.1) is 11.8 Å². The van der Waals surface area contributed by atoms with E-state index in [0.717, 1.165) is 22.3 Å². The molecule has 0 aliphatic carbocycles. The molecule has 1 atom stereocenters. The highest BCUT2D eigenvalue weighted by molar-refractivity contribution is 7.98. The molecule has 0 N–H and O–H groups in total. The fourth-order valence-corrected chi connectivity index (χ4v) is 7.79. The van der Waals surface area contributed by atoms with Gasteiger partial charge in [0.2, 0.25) is 0 Å². The first kappa shape index (κ1) is 34.5. The summed E-state index contributed by atoms with van der Waals surface area (Å²) in [5.74, 6) is -0.596. The molecular weight excluding hydrogens is 699 g/mol. The average Bonchev–Trinajstić information content (AvgIpc) is 3.42. The molecule has 0 radical (unpaired) electrons. The van der Waals surface area contributed by atoms with E-state index in [4.69, 9.17) is 13.9 Å². The number of nitrogens with zero attached hydrogens (tertiary/aromatic N) is 3. The number of rotatable bonds is 10. The minimum absolute atomic E-state index is 0.0212. The van der Waals surface area contributed by atoms with Crippen molar-refractivity contribution in [2.24, 2.45) is 4.99 Å². The highest BCUT2D eigenvalue weighted by Gasteiger charge is 2.35. The van der Waals surface area contributed by atoms with Crippen molar-refractivity contribution in [2.75, 3.05) is 12.9 Å². The summed E-state index contributed by atoms with van der Waals surface area (Å²) >= 11 is 2.74. The van der Waals surface area contributed by atoms with Crippen molar-refractivity contribution in [1.29, 1.82) is 0 Å². The molecule has 5 aromatic rings. The number of nitro benzene ring substituents is 1. The Balaban J connectivity index is 1.42. The summed E-state index contributed by atoms with van der Waals surface area (Å²) in [4.78, 5) is 44.4. The zero-order valence-corrected chi connectivity index (χ0v) is 29.4. The maximum Gasteiger partial charge on any atom is 0.339 e. The van der Waals surface area contributed by atoms with Crippen LogP contribution in [0.25, 0.3) is 11.8 Å². The van der Waals surface area contributed by atoms with Gasteiger partial charge in [-0.05, 0) is 67.6 Å². The summed E-state index contributed by atoms with van der Waals surface area (Å²) in [6, 6.07) is 25.6. The highest BCUT2D eigenvalue weighted by Crippen LogP contribution is 2.36. The number of esters is 1. The van der Waals surface area contributed by atoms with E-state index >= 15 is 0 Å². The lowest BCUT2D eigenvalue weighted by Crippen LogP contribution is -2.40. The summed E-state index contributed by atoms with van der Waals surface area (Å²) in [6.07, 6.45) is 3.61. The minimum atomic E-state index is -4.37. The number of thioether (sulfide) groups is 1. The molecule has 14 heteroatoms. The smallest absolute Gasteiger partial charge is 0.339 e. The number of aromatic nitrogens is 1. The lowest BCUT2D eigenvalue weighted by atomic mass is 9.93. The number of hydrogen-bond donors (Lipinski definition) is 0. The Kier molecular flexibility index (Phi) is 9.86. The van der Waals surface area contributed by atoms with Crippen LogP contribution in [0.4, 0.5) is 5.69 Å². The molecule has 0 bridgehead atoms. The maximum absolute atomic E-state index is 14.2. The van der Waals surface area contributed by atoms with Crippen LogP contribution in [-0.4, -0.2) is 36.7 Å². The molecule has 6 rings (SSSR count). The van der Waals surface area contributed by atoms with Gasteiger partial charge in [0.25, 0.3) is 11.2 Å². The normalized spacial score (nSPS) is 14.5. The third-order valence-electron chi connectivity index (χ3n) is 7.85. The van der Waals surface area contributed by atoms with Crippen LogP contribution in [0.2, 0.25) is 0 Å². The predicted molar refractivity (Wildman–Crippen MR) is 191 cm³/mol. The van der Waals surface area contributed by atoms with E-state index in [1.54, 1.807) is 36.9 Å². The number of carbonyl (C=O) groups excluding carboxylic acids is 1. The molecule has 4 aromatic carbocycles. The van der Waals surface area contributed by atoms with Crippen molar-refractivity contribution in [3.63, 3.8) is 0 Å². The molecule has 11 nitrogen and oxygen atoms in total. The van der Waals surface area contributed by atoms with Crippen LogP contribution in [-0.2, 0) is 19.6 Å². The van der Waals surface area contributed by atoms with Gasteiger partial charge in [0.15, 0.2) is 4.80 Å². The van der Waals surface area contributed by atoms with Crippen molar-refractivity contribution >= 4 is 56.6 Å². The summed E-state index contributed by atoms with van der Waals surface area (Å²) in [5.41, 5.74) is 2.25. The Morgan fingerprint density at radius 2 is 1.74 bits per heavy atom. The van der Waals surface area contributed by atoms with Gasteiger partial charge in [0, 0.05) is 22.1 Å². The lowest BCUT2D eigenvalue weighted by Gasteiger charge is -2.26. The highest BCUT2D eigenvalue weighted by atomic mass is 32.2. The van der Waals surface area contributed by atoms with E-state index in [2.05, 4.69) is 0 Å². The molecule has 0 amide bonds. The van der Waals surface area contributed by atoms with Crippen molar-refractivity contribution in [1.82, 2.24) is 4.57 Å². The second-order valence-electron chi connectivity index (χ2n) is 11.0. The van der Waals surface area contributed by atoms with Crippen LogP contribution in [0.15, 0.2) is 122 Å². The monoisotopic (exact) mass is 727 g/mol. The molecule has 2 heterocycles. The zero-order valence-electron chi connectivity index (χ0n) is 26.9. The SMILES string of the molecule is CCOC(=O)C1=C(c2ccccc2)N=c2s/c(=C\c3ccc(OS(=O)(=O)c4ccc(C)c([N+](=O)[O-])c4)cc3)c(=O)n2[C@H]1c1ccc(SC)cc1. The summed E-state index contributed by atoms with van der Waals surface area (Å²) < 4.78 is 38.4. The molecule has 1 aliphatic rings. The van der Waals surface area contributed by atoms with Crippen LogP contribution < -0.4 is 19.1 Å². The van der Waals surface area contributed by atoms with E-state index in [9.17, 15) is 28.1 Å². The Labute approximate surface area is 295 Å². The Bertz CT molecular complexity index is 2440. The lowest BCUT2D eigenvalue weighted by molar-refractivity contribution is -0.385. The molecule has 0 fully saturated rings. The first-order valence-corrected chi connectivity index (χ1v) is 18.7. The molecule has 1 aromatic heterocycles. The summed E-state index contributed by atoms with van der Waals surface area (Å²) in [6.45, 7) is 3.37. The van der Waals surface area contributed by atoms with Gasteiger partial charge in [-0.25, -0.2) is 9.79 Å². The fraction of sp³-hybridized carbons (Fsp3) is 0.139. The fourth-order valence-electron chi connectivity index (χ4n) is 5.43. The Hall–Kier alpha value is -5.31. The van der Waals surface area contributed by atoms with E-state index in [0.29, 0.717) is 37.3 Å². The number of nitro groups is 1. The van der Waals surface area contributed by atoms with Gasteiger partial charge < -0.3 is 8.92 Å². The first-order valence-electron chi connectivity index (χ1n) is 15.2. The Morgan fingerprint density at radius 3 is 2.38 bits per heavy atom. The van der Waals surface area contributed by atoms with E-state index in [1.165, 1.54) is 35.8 Å². The van der Waals surface area contributed by atoms with Crippen LogP contribution in [0.3, 0.4) is 0 Å². The van der Waals surface area contributed by atoms with Crippen molar-refractivity contribution in [3.05, 3.63) is 155 Å². The van der Waals surface area contributed by atoms with Gasteiger partial charge in [-0.3, -0.25) is 19.5 Å². The predicted octanol–water partition coefficient (Wildman–Crippen LogP) is 5.64. The summed E-state index contributed by atoms with van der Waals surface area (Å²) in [7, 11) is -4.37. The molecule has 0 saturated carbocycles. The maximum atomic E-state index is 14.2. The first-order chi connectivity index (χ1) is 24.0. The van der Waals surface area contributed by atoms with E-state index in [1.807, 2.05) is 60.9 Å². The quantitative estimate of drug-likeness (QED) is 0.0586. The molecule has 0 saturated heterocycles. The van der Waals surface area contributed by atoms with E-state index < -0.39 is 27.1 Å². The molecule has 50 heavy (non-hydrogen) atoms. The largest absolute Gasteiger partial charge is 0.463 e. The van der Waals surface area contributed by atoms with Crippen molar-refractivity contribution in [3.8, 4) is 5.75 Å². The van der Waals surface area contributed by atoms with E-state index in [-0.39, 0.29) is 34.1 Å². The number of hydrogen-bond acceptors (Lipinski definition) is 11. The van der Waals surface area contributed by atoms with Crippen LogP contribution >= 0.6 is 23.1 Å². The number of ether oxygens (including phenoxy) is 1. The molecule has 254 valence electrons. The molecule has 0 unspecified atom stereocenters. The van der Waals surface area contributed by atoms with Crippen molar-refractivity contribution < 1.29 is 27.1 Å². The molecular formula is C36H29N3O8S3. The average molecular weight is 728 g/mol. The van der Waals surface area contributed by atoms with Crippen LogP contribution in [0.1, 0.15) is 35.2 Å². The zero-order chi connectivity index (χ0) is 35.6.